The van der Waals surface area contributed by atoms with Crippen molar-refractivity contribution in [3.8, 4) is 0 Å². The van der Waals surface area contributed by atoms with Crippen molar-refractivity contribution in [3.63, 3.8) is 0 Å². The number of piperidine rings is 1. The van der Waals surface area contributed by atoms with Crippen molar-refractivity contribution >= 4 is 23.8 Å². The summed E-state index contributed by atoms with van der Waals surface area (Å²) in [6, 6.07) is 6.88. The SMILES string of the molecule is CNC(=O)c1ccc(/C=C/C(=O)N2CCCC[C@@H]2CC(N)=O)cc1. The minimum atomic E-state index is -0.381. The molecule has 3 N–H and O–H groups in total. The van der Waals surface area contributed by atoms with Gasteiger partial charge in [-0.1, -0.05) is 12.1 Å². The molecule has 128 valence electrons. The van der Waals surface area contributed by atoms with Crippen LogP contribution in [0.4, 0.5) is 0 Å². The van der Waals surface area contributed by atoms with Crippen LogP contribution in [0.1, 0.15) is 41.6 Å². The summed E-state index contributed by atoms with van der Waals surface area (Å²) in [5.74, 6) is -0.644. The van der Waals surface area contributed by atoms with Crippen molar-refractivity contribution in [2.24, 2.45) is 5.73 Å². The van der Waals surface area contributed by atoms with Crippen LogP contribution in [-0.4, -0.2) is 42.3 Å². The van der Waals surface area contributed by atoms with Gasteiger partial charge < -0.3 is 16.0 Å². The summed E-state index contributed by atoms with van der Waals surface area (Å²) >= 11 is 0. The highest BCUT2D eigenvalue weighted by atomic mass is 16.2. The summed E-state index contributed by atoms with van der Waals surface area (Å²) in [5.41, 5.74) is 6.67. The van der Waals surface area contributed by atoms with Crippen LogP contribution in [-0.2, 0) is 9.59 Å². The Balaban J connectivity index is 2.02. The second-order valence-corrected chi connectivity index (χ2v) is 5.89. The van der Waals surface area contributed by atoms with Crippen LogP contribution in [0.3, 0.4) is 0 Å². The minimum Gasteiger partial charge on any atom is -0.370 e. The zero-order chi connectivity index (χ0) is 17.5. The molecule has 1 heterocycles. The van der Waals surface area contributed by atoms with Crippen LogP contribution in [0, 0.1) is 0 Å². The second kappa shape index (κ2) is 8.29. The van der Waals surface area contributed by atoms with Gasteiger partial charge in [0.2, 0.25) is 11.8 Å². The molecule has 0 aliphatic carbocycles. The largest absolute Gasteiger partial charge is 0.370 e. The Bertz CT molecular complexity index is 637. The summed E-state index contributed by atoms with van der Waals surface area (Å²) in [7, 11) is 1.58. The fraction of sp³-hybridized carbons (Fsp3) is 0.389. The van der Waals surface area contributed by atoms with E-state index in [-0.39, 0.29) is 30.2 Å². The monoisotopic (exact) mass is 329 g/mol. The molecular formula is C18H23N3O3. The molecule has 24 heavy (non-hydrogen) atoms. The maximum atomic E-state index is 12.4. The zero-order valence-corrected chi connectivity index (χ0v) is 13.8. The van der Waals surface area contributed by atoms with Gasteiger partial charge in [0.1, 0.15) is 0 Å². The number of rotatable bonds is 5. The molecule has 1 fully saturated rings. The third-order valence-corrected chi connectivity index (χ3v) is 4.17. The number of primary amides is 1. The highest BCUT2D eigenvalue weighted by molar-refractivity contribution is 5.95. The van der Waals surface area contributed by atoms with Gasteiger partial charge in [0, 0.05) is 37.7 Å². The number of hydrogen-bond donors (Lipinski definition) is 2. The first kappa shape index (κ1) is 17.7. The lowest BCUT2D eigenvalue weighted by molar-refractivity contribution is -0.130. The number of carbonyl (C=O) groups is 3. The van der Waals surface area contributed by atoms with Gasteiger partial charge in [-0.2, -0.15) is 0 Å². The Kier molecular flexibility index (Phi) is 6.12. The zero-order valence-electron chi connectivity index (χ0n) is 13.8. The maximum absolute atomic E-state index is 12.4. The molecule has 0 radical (unpaired) electrons. The molecule has 0 saturated carbocycles. The predicted molar refractivity (Wildman–Crippen MR) is 92.0 cm³/mol. The van der Waals surface area contributed by atoms with Crippen molar-refractivity contribution in [3.05, 3.63) is 41.5 Å². The Morgan fingerprint density at radius 2 is 1.96 bits per heavy atom. The first-order valence-electron chi connectivity index (χ1n) is 8.10. The quantitative estimate of drug-likeness (QED) is 0.798. The number of likely N-dealkylation sites (tertiary alicyclic amines) is 1. The van der Waals surface area contributed by atoms with E-state index in [9.17, 15) is 14.4 Å². The van der Waals surface area contributed by atoms with Gasteiger partial charge in [0.15, 0.2) is 0 Å². The van der Waals surface area contributed by atoms with Gasteiger partial charge in [-0.15, -0.1) is 0 Å². The third-order valence-electron chi connectivity index (χ3n) is 4.17. The first-order valence-corrected chi connectivity index (χ1v) is 8.10. The van der Waals surface area contributed by atoms with Gasteiger partial charge >= 0.3 is 0 Å². The molecule has 1 atom stereocenters. The van der Waals surface area contributed by atoms with Crippen LogP contribution < -0.4 is 11.1 Å². The topological polar surface area (TPSA) is 92.5 Å². The molecule has 0 bridgehead atoms. The molecule has 0 unspecified atom stereocenters. The number of amides is 3. The minimum absolute atomic E-state index is 0.107. The van der Waals surface area contributed by atoms with Crippen LogP contribution in [0.5, 0.6) is 0 Å². The van der Waals surface area contributed by atoms with E-state index in [1.54, 1.807) is 42.3 Å². The number of nitrogens with one attached hydrogen (secondary N) is 1. The molecule has 6 nitrogen and oxygen atoms in total. The van der Waals surface area contributed by atoms with Crippen LogP contribution in [0.25, 0.3) is 6.08 Å². The highest BCUT2D eigenvalue weighted by Gasteiger charge is 2.26. The smallest absolute Gasteiger partial charge is 0.251 e. The molecule has 1 aromatic rings. The summed E-state index contributed by atoms with van der Waals surface area (Å²) in [6.07, 6.45) is 6.19. The average molecular weight is 329 g/mol. The van der Waals surface area contributed by atoms with Gasteiger partial charge in [0.05, 0.1) is 0 Å². The van der Waals surface area contributed by atoms with E-state index in [1.165, 1.54) is 6.08 Å². The summed E-state index contributed by atoms with van der Waals surface area (Å²) in [4.78, 5) is 36.8. The van der Waals surface area contributed by atoms with E-state index in [2.05, 4.69) is 5.32 Å². The Morgan fingerprint density at radius 1 is 1.25 bits per heavy atom. The van der Waals surface area contributed by atoms with Crippen molar-refractivity contribution < 1.29 is 14.4 Å². The number of nitrogens with zero attached hydrogens (tertiary/aromatic N) is 1. The summed E-state index contributed by atoms with van der Waals surface area (Å²) in [6.45, 7) is 0.650. The molecule has 1 aromatic carbocycles. The second-order valence-electron chi connectivity index (χ2n) is 5.89. The predicted octanol–water partition coefficient (Wildman–Crippen LogP) is 1.32. The van der Waals surface area contributed by atoms with Crippen molar-refractivity contribution in [2.75, 3.05) is 13.6 Å². The maximum Gasteiger partial charge on any atom is 0.251 e. The van der Waals surface area contributed by atoms with Gasteiger partial charge in [-0.3, -0.25) is 14.4 Å². The molecule has 1 aliphatic rings. The van der Waals surface area contributed by atoms with Crippen LogP contribution >= 0.6 is 0 Å². The van der Waals surface area contributed by atoms with Crippen molar-refractivity contribution in [2.45, 2.75) is 31.7 Å². The average Bonchev–Trinajstić information content (AvgIpc) is 2.59. The molecule has 1 saturated heterocycles. The van der Waals surface area contributed by atoms with Crippen molar-refractivity contribution in [1.82, 2.24) is 10.2 Å². The standard InChI is InChI=1S/C18H23N3O3/c1-20-18(24)14-8-5-13(6-9-14)7-10-17(23)21-11-3-2-4-15(21)12-16(19)22/h5-10,15H,2-4,11-12H2,1H3,(H2,19,22)(H,20,24)/b10-7+/t15-/m1/s1. The van der Waals surface area contributed by atoms with Crippen LogP contribution in [0.15, 0.2) is 30.3 Å². The van der Waals surface area contributed by atoms with Crippen LogP contribution in [0.2, 0.25) is 0 Å². The lowest BCUT2D eigenvalue weighted by atomic mass is 9.99. The number of benzene rings is 1. The summed E-state index contributed by atoms with van der Waals surface area (Å²) in [5, 5.41) is 2.56. The van der Waals surface area contributed by atoms with Gasteiger partial charge in [-0.05, 0) is 43.0 Å². The molecular weight excluding hydrogens is 306 g/mol. The van der Waals surface area contributed by atoms with Crippen molar-refractivity contribution in [1.29, 1.82) is 0 Å². The molecule has 2 rings (SSSR count). The van der Waals surface area contributed by atoms with E-state index in [4.69, 9.17) is 5.73 Å². The van der Waals surface area contributed by atoms with E-state index in [1.807, 2.05) is 0 Å². The van der Waals surface area contributed by atoms with E-state index in [0.29, 0.717) is 12.1 Å². The molecule has 6 heteroatoms. The summed E-state index contributed by atoms with van der Waals surface area (Å²) < 4.78 is 0. The normalized spacial score (nSPS) is 17.7. The number of nitrogens with two attached hydrogens (primary N) is 1. The molecule has 3 amide bonds. The Hall–Kier alpha value is -2.63. The van der Waals surface area contributed by atoms with Gasteiger partial charge in [-0.25, -0.2) is 0 Å². The number of carbonyl (C=O) groups excluding carboxylic acids is 3. The van der Waals surface area contributed by atoms with E-state index >= 15 is 0 Å². The van der Waals surface area contributed by atoms with Gasteiger partial charge in [0.25, 0.3) is 5.91 Å². The number of hydrogen-bond acceptors (Lipinski definition) is 3. The lowest BCUT2D eigenvalue weighted by Crippen LogP contribution is -2.44. The fourth-order valence-corrected chi connectivity index (χ4v) is 2.89. The molecule has 1 aliphatic heterocycles. The first-order chi connectivity index (χ1) is 11.5. The fourth-order valence-electron chi connectivity index (χ4n) is 2.89. The van der Waals surface area contributed by atoms with E-state index < -0.39 is 0 Å². The third kappa shape index (κ3) is 4.68. The highest BCUT2D eigenvalue weighted by Crippen LogP contribution is 2.20. The van der Waals surface area contributed by atoms with E-state index in [0.717, 1.165) is 24.8 Å². The Morgan fingerprint density at radius 3 is 2.58 bits per heavy atom. The molecule has 0 aromatic heterocycles. The Labute approximate surface area is 141 Å². The molecule has 0 spiro atoms. The lowest BCUT2D eigenvalue weighted by Gasteiger charge is -2.34.